The molecule has 3 fully saturated rings. The summed E-state index contributed by atoms with van der Waals surface area (Å²) in [4.78, 5) is 49.1. The molecule has 2 atom stereocenters. The van der Waals surface area contributed by atoms with E-state index in [0.29, 0.717) is 12.5 Å². The van der Waals surface area contributed by atoms with Crippen LogP contribution < -0.4 is 5.56 Å². The zero-order chi connectivity index (χ0) is 21.3. The first-order valence-electron chi connectivity index (χ1n) is 11.6. The van der Waals surface area contributed by atoms with Crippen LogP contribution in [0.25, 0.3) is 0 Å². The summed E-state index contributed by atoms with van der Waals surface area (Å²) < 4.78 is 0. The maximum atomic E-state index is 12.6. The Kier molecular flexibility index (Phi) is 6.25. The minimum atomic E-state index is -0.114. The molecule has 2 unspecified atom stereocenters. The fourth-order valence-electron chi connectivity index (χ4n) is 4.77. The highest BCUT2D eigenvalue weighted by molar-refractivity contribution is 5.81. The maximum Gasteiger partial charge on any atom is 0.251 e. The number of nitrogens with one attached hydrogen (secondary N) is 1. The van der Waals surface area contributed by atoms with Crippen molar-refractivity contribution in [3.05, 3.63) is 27.9 Å². The highest BCUT2D eigenvalue weighted by atomic mass is 16.2. The van der Waals surface area contributed by atoms with Crippen molar-refractivity contribution in [3.63, 3.8) is 0 Å². The average Bonchev–Trinajstić information content (AvgIpc) is 3.63. The van der Waals surface area contributed by atoms with Gasteiger partial charge in [-0.15, -0.1) is 0 Å². The van der Waals surface area contributed by atoms with Crippen molar-refractivity contribution >= 4 is 11.8 Å². The Morgan fingerprint density at radius 1 is 1.10 bits per heavy atom. The van der Waals surface area contributed by atoms with E-state index < -0.39 is 0 Å². The van der Waals surface area contributed by atoms with Gasteiger partial charge in [0.25, 0.3) is 5.56 Å². The highest BCUT2D eigenvalue weighted by Gasteiger charge is 2.35. The van der Waals surface area contributed by atoms with Gasteiger partial charge in [-0.05, 0) is 44.9 Å². The minimum Gasteiger partial charge on any atom is -0.342 e. The molecule has 4 rings (SSSR count). The van der Waals surface area contributed by atoms with Crippen LogP contribution in [0, 0.1) is 11.8 Å². The number of rotatable bonds is 5. The van der Waals surface area contributed by atoms with Crippen molar-refractivity contribution in [2.75, 3.05) is 26.2 Å². The summed E-state index contributed by atoms with van der Waals surface area (Å²) in [7, 11) is 0. The van der Waals surface area contributed by atoms with Gasteiger partial charge in [-0.3, -0.25) is 14.4 Å². The highest BCUT2D eigenvalue weighted by Crippen LogP contribution is 2.34. The van der Waals surface area contributed by atoms with E-state index in [0.717, 1.165) is 76.1 Å². The number of hydrogen-bond acceptors (Lipinski definition) is 4. The van der Waals surface area contributed by atoms with Gasteiger partial charge in [0, 0.05) is 55.9 Å². The standard InChI is InChI=1S/C23H34N4O3/c1-3-15(2)22(29)27-10-4-5-18(14-27)19-13-20(28)25-21(24-19)16-8-11-26(12-9-16)23(30)17-6-7-17/h13,15-18H,3-12,14H2,1-2H3,(H,24,25,28). The topological polar surface area (TPSA) is 86.4 Å². The van der Waals surface area contributed by atoms with Crippen LogP contribution in [0.15, 0.2) is 10.9 Å². The largest absolute Gasteiger partial charge is 0.342 e. The first-order chi connectivity index (χ1) is 14.5. The van der Waals surface area contributed by atoms with Crippen LogP contribution in [-0.2, 0) is 9.59 Å². The molecule has 3 heterocycles. The summed E-state index contributed by atoms with van der Waals surface area (Å²) in [5.41, 5.74) is 0.698. The van der Waals surface area contributed by atoms with Gasteiger partial charge in [0.1, 0.15) is 5.82 Å². The molecule has 0 spiro atoms. The van der Waals surface area contributed by atoms with Gasteiger partial charge in [-0.2, -0.15) is 0 Å². The second kappa shape index (κ2) is 8.90. The second-order valence-electron chi connectivity index (χ2n) is 9.36. The number of piperidine rings is 2. The normalized spacial score (nSPS) is 24.0. The molecule has 2 saturated heterocycles. The van der Waals surface area contributed by atoms with Gasteiger partial charge in [0.15, 0.2) is 0 Å². The first-order valence-corrected chi connectivity index (χ1v) is 11.6. The van der Waals surface area contributed by atoms with Gasteiger partial charge in [-0.1, -0.05) is 13.8 Å². The van der Waals surface area contributed by atoms with Crippen molar-refractivity contribution in [1.29, 1.82) is 0 Å². The van der Waals surface area contributed by atoms with Crippen molar-refractivity contribution in [1.82, 2.24) is 19.8 Å². The van der Waals surface area contributed by atoms with E-state index >= 15 is 0 Å². The predicted molar refractivity (Wildman–Crippen MR) is 114 cm³/mol. The third kappa shape index (κ3) is 4.60. The van der Waals surface area contributed by atoms with Gasteiger partial charge < -0.3 is 14.8 Å². The lowest BCUT2D eigenvalue weighted by Gasteiger charge is -2.34. The van der Waals surface area contributed by atoms with E-state index in [2.05, 4.69) is 4.98 Å². The van der Waals surface area contributed by atoms with Gasteiger partial charge in [-0.25, -0.2) is 4.98 Å². The molecular formula is C23H34N4O3. The number of carbonyl (C=O) groups excluding carboxylic acids is 2. The Labute approximate surface area is 178 Å². The molecule has 0 aromatic carbocycles. The summed E-state index contributed by atoms with van der Waals surface area (Å²) in [6, 6.07) is 1.61. The second-order valence-corrected chi connectivity index (χ2v) is 9.36. The quantitative estimate of drug-likeness (QED) is 0.802. The summed E-state index contributed by atoms with van der Waals surface area (Å²) in [6.45, 7) is 6.95. The molecule has 164 valence electrons. The molecule has 2 aliphatic heterocycles. The molecule has 3 aliphatic rings. The van der Waals surface area contributed by atoms with E-state index in [1.54, 1.807) is 6.07 Å². The lowest BCUT2D eigenvalue weighted by molar-refractivity contribution is -0.136. The lowest BCUT2D eigenvalue weighted by atomic mass is 9.92. The Bertz CT molecular complexity index is 839. The molecule has 1 N–H and O–H groups in total. The summed E-state index contributed by atoms with van der Waals surface area (Å²) in [5, 5.41) is 0. The molecule has 30 heavy (non-hydrogen) atoms. The molecule has 2 amide bonds. The Balaban J connectivity index is 1.44. The van der Waals surface area contributed by atoms with Gasteiger partial charge in [0.2, 0.25) is 11.8 Å². The molecule has 1 aromatic heterocycles. The van der Waals surface area contributed by atoms with Gasteiger partial charge >= 0.3 is 0 Å². The van der Waals surface area contributed by atoms with Crippen LogP contribution in [0.5, 0.6) is 0 Å². The Morgan fingerprint density at radius 3 is 2.50 bits per heavy atom. The van der Waals surface area contributed by atoms with E-state index in [9.17, 15) is 14.4 Å². The molecule has 1 aromatic rings. The van der Waals surface area contributed by atoms with E-state index in [4.69, 9.17) is 4.98 Å². The number of aromatic nitrogens is 2. The fourth-order valence-corrected chi connectivity index (χ4v) is 4.77. The van der Waals surface area contributed by atoms with Crippen LogP contribution in [0.1, 0.15) is 82.1 Å². The molecule has 1 aliphatic carbocycles. The van der Waals surface area contributed by atoms with Crippen molar-refractivity contribution in [2.45, 2.75) is 70.6 Å². The number of aromatic amines is 1. The van der Waals surface area contributed by atoms with E-state index in [1.165, 1.54) is 0 Å². The van der Waals surface area contributed by atoms with Crippen LogP contribution in [0.2, 0.25) is 0 Å². The average molecular weight is 415 g/mol. The number of likely N-dealkylation sites (tertiary alicyclic amines) is 2. The van der Waals surface area contributed by atoms with Gasteiger partial charge in [0.05, 0.1) is 5.69 Å². The molecule has 1 saturated carbocycles. The third-order valence-electron chi connectivity index (χ3n) is 7.09. The number of H-pyrrole nitrogens is 1. The maximum absolute atomic E-state index is 12.6. The minimum absolute atomic E-state index is 0.0370. The summed E-state index contributed by atoms with van der Waals surface area (Å²) >= 11 is 0. The number of amides is 2. The molecular weight excluding hydrogens is 380 g/mol. The zero-order valence-corrected chi connectivity index (χ0v) is 18.2. The van der Waals surface area contributed by atoms with E-state index in [-0.39, 0.29) is 35.1 Å². The molecule has 7 nitrogen and oxygen atoms in total. The predicted octanol–water partition coefficient (Wildman–Crippen LogP) is 2.64. The molecule has 0 bridgehead atoms. The Morgan fingerprint density at radius 2 is 1.83 bits per heavy atom. The smallest absolute Gasteiger partial charge is 0.251 e. The monoisotopic (exact) mass is 414 g/mol. The van der Waals surface area contributed by atoms with Crippen LogP contribution >= 0.6 is 0 Å². The van der Waals surface area contributed by atoms with Crippen molar-refractivity contribution in [3.8, 4) is 0 Å². The van der Waals surface area contributed by atoms with Crippen LogP contribution in [0.3, 0.4) is 0 Å². The summed E-state index contributed by atoms with van der Waals surface area (Å²) in [6.07, 6.45) is 6.49. The third-order valence-corrected chi connectivity index (χ3v) is 7.09. The van der Waals surface area contributed by atoms with E-state index in [1.807, 2.05) is 23.6 Å². The lowest BCUT2D eigenvalue weighted by Crippen LogP contribution is -2.42. The van der Waals surface area contributed by atoms with Crippen LogP contribution in [-0.4, -0.2) is 57.8 Å². The Hall–Kier alpha value is -2.18. The fraction of sp³-hybridized carbons (Fsp3) is 0.739. The van der Waals surface area contributed by atoms with Crippen molar-refractivity contribution < 1.29 is 9.59 Å². The van der Waals surface area contributed by atoms with Crippen molar-refractivity contribution in [2.24, 2.45) is 11.8 Å². The zero-order valence-electron chi connectivity index (χ0n) is 18.2. The molecule has 7 heteroatoms. The summed E-state index contributed by atoms with van der Waals surface area (Å²) in [5.74, 6) is 1.86. The molecule has 0 radical (unpaired) electrons. The number of carbonyl (C=O) groups is 2. The SMILES string of the molecule is CCC(C)C(=O)N1CCCC(c2cc(=O)[nH]c(C3CCN(C(=O)C4CC4)CC3)n2)C1. The number of hydrogen-bond donors (Lipinski definition) is 1. The van der Waals surface area contributed by atoms with Crippen LogP contribution in [0.4, 0.5) is 0 Å². The number of nitrogens with zero attached hydrogens (tertiary/aromatic N) is 3. The first kappa shape index (κ1) is 21.1.